The van der Waals surface area contributed by atoms with Gasteiger partial charge in [-0.3, -0.25) is 4.68 Å². The second-order valence-corrected chi connectivity index (χ2v) is 5.35. The van der Waals surface area contributed by atoms with E-state index in [2.05, 4.69) is 36.6 Å². The van der Waals surface area contributed by atoms with Crippen LogP contribution in [0, 0.1) is 0 Å². The van der Waals surface area contributed by atoms with E-state index in [0.29, 0.717) is 6.04 Å². The van der Waals surface area contributed by atoms with E-state index >= 15 is 0 Å². The van der Waals surface area contributed by atoms with Gasteiger partial charge in [-0.1, -0.05) is 33.6 Å². The van der Waals surface area contributed by atoms with Gasteiger partial charge in [-0.25, -0.2) is 0 Å². The monoisotopic (exact) mass is 192 g/mol. The van der Waals surface area contributed by atoms with Gasteiger partial charge in [-0.05, 0) is 18.9 Å². The average molecular weight is 192 g/mol. The SMILES string of the molecule is CC(C)(C)c1ccnn1C1CCCC1. The predicted octanol–water partition coefficient (Wildman–Crippen LogP) is 3.30. The number of hydrogen-bond donors (Lipinski definition) is 0. The van der Waals surface area contributed by atoms with Crippen molar-refractivity contribution in [3.8, 4) is 0 Å². The van der Waals surface area contributed by atoms with Crippen LogP contribution in [-0.4, -0.2) is 9.78 Å². The van der Waals surface area contributed by atoms with Crippen LogP contribution in [0.15, 0.2) is 12.3 Å². The molecule has 0 amide bonds. The summed E-state index contributed by atoms with van der Waals surface area (Å²) in [6.07, 6.45) is 7.30. The average Bonchev–Trinajstić information content (AvgIpc) is 2.73. The molecular weight excluding hydrogens is 172 g/mol. The molecule has 1 heterocycles. The molecule has 0 aromatic carbocycles. The highest BCUT2D eigenvalue weighted by molar-refractivity contribution is 5.13. The van der Waals surface area contributed by atoms with Crippen molar-refractivity contribution >= 4 is 0 Å². The Balaban J connectivity index is 2.29. The van der Waals surface area contributed by atoms with Gasteiger partial charge in [-0.15, -0.1) is 0 Å². The third-order valence-electron chi connectivity index (χ3n) is 3.11. The highest BCUT2D eigenvalue weighted by Gasteiger charge is 2.25. The van der Waals surface area contributed by atoms with Crippen LogP contribution in [-0.2, 0) is 5.41 Å². The van der Waals surface area contributed by atoms with E-state index in [4.69, 9.17) is 0 Å². The molecule has 1 aromatic heterocycles. The Kier molecular flexibility index (Phi) is 2.38. The zero-order chi connectivity index (χ0) is 10.2. The Morgan fingerprint density at radius 3 is 2.50 bits per heavy atom. The van der Waals surface area contributed by atoms with Crippen molar-refractivity contribution in [3.63, 3.8) is 0 Å². The molecule has 1 aromatic rings. The molecule has 1 fully saturated rings. The molecule has 0 radical (unpaired) electrons. The van der Waals surface area contributed by atoms with E-state index < -0.39 is 0 Å². The molecule has 0 saturated heterocycles. The largest absolute Gasteiger partial charge is 0.266 e. The minimum absolute atomic E-state index is 0.221. The van der Waals surface area contributed by atoms with Gasteiger partial charge in [0.1, 0.15) is 0 Å². The Hall–Kier alpha value is -0.790. The summed E-state index contributed by atoms with van der Waals surface area (Å²) in [5.41, 5.74) is 1.60. The predicted molar refractivity (Wildman–Crippen MR) is 58.4 cm³/mol. The zero-order valence-corrected chi connectivity index (χ0v) is 9.45. The fraction of sp³-hybridized carbons (Fsp3) is 0.750. The highest BCUT2D eigenvalue weighted by atomic mass is 15.3. The molecular formula is C12H20N2. The zero-order valence-electron chi connectivity index (χ0n) is 9.45. The van der Waals surface area contributed by atoms with E-state index in [0.717, 1.165) is 0 Å². The summed E-state index contributed by atoms with van der Waals surface area (Å²) in [6.45, 7) is 6.78. The van der Waals surface area contributed by atoms with Gasteiger partial charge in [0, 0.05) is 17.3 Å². The number of nitrogens with zero attached hydrogens (tertiary/aromatic N) is 2. The topological polar surface area (TPSA) is 17.8 Å². The van der Waals surface area contributed by atoms with Crippen LogP contribution in [0.1, 0.15) is 58.2 Å². The van der Waals surface area contributed by atoms with Crippen molar-refractivity contribution in [2.45, 2.75) is 57.9 Å². The van der Waals surface area contributed by atoms with Crippen molar-refractivity contribution in [2.24, 2.45) is 0 Å². The summed E-state index contributed by atoms with van der Waals surface area (Å²) in [5, 5.41) is 4.48. The van der Waals surface area contributed by atoms with Crippen molar-refractivity contribution in [2.75, 3.05) is 0 Å². The van der Waals surface area contributed by atoms with Crippen molar-refractivity contribution in [1.82, 2.24) is 9.78 Å². The standard InChI is InChI=1S/C12H20N2/c1-12(2,3)11-8-9-13-14(11)10-6-4-5-7-10/h8-10H,4-7H2,1-3H3. The smallest absolute Gasteiger partial charge is 0.0522 e. The molecule has 0 N–H and O–H groups in total. The van der Waals surface area contributed by atoms with Gasteiger partial charge in [0.2, 0.25) is 0 Å². The number of rotatable bonds is 1. The summed E-state index contributed by atoms with van der Waals surface area (Å²) in [6, 6.07) is 2.83. The van der Waals surface area contributed by atoms with E-state index in [9.17, 15) is 0 Å². The minimum Gasteiger partial charge on any atom is -0.266 e. The van der Waals surface area contributed by atoms with Crippen molar-refractivity contribution < 1.29 is 0 Å². The third-order valence-corrected chi connectivity index (χ3v) is 3.11. The fourth-order valence-corrected chi connectivity index (χ4v) is 2.35. The third kappa shape index (κ3) is 1.70. The summed E-state index contributed by atoms with van der Waals surface area (Å²) in [7, 11) is 0. The molecule has 0 unspecified atom stereocenters. The maximum atomic E-state index is 4.48. The van der Waals surface area contributed by atoms with Crippen molar-refractivity contribution in [3.05, 3.63) is 18.0 Å². The van der Waals surface area contributed by atoms with Gasteiger partial charge < -0.3 is 0 Å². The molecule has 78 valence electrons. The van der Waals surface area contributed by atoms with Crippen LogP contribution in [0.5, 0.6) is 0 Å². The van der Waals surface area contributed by atoms with E-state index in [1.807, 2.05) is 6.20 Å². The molecule has 0 aliphatic heterocycles. The summed E-state index contributed by atoms with van der Waals surface area (Å²) < 4.78 is 2.26. The molecule has 1 aliphatic carbocycles. The normalized spacial score (nSPS) is 19.1. The fourth-order valence-electron chi connectivity index (χ4n) is 2.35. The Bertz CT molecular complexity index is 300. The van der Waals surface area contributed by atoms with Crippen LogP contribution < -0.4 is 0 Å². The second kappa shape index (κ2) is 3.41. The Morgan fingerprint density at radius 1 is 1.29 bits per heavy atom. The first-order valence-electron chi connectivity index (χ1n) is 5.63. The Labute approximate surface area is 86.3 Å². The van der Waals surface area contributed by atoms with E-state index in [1.165, 1.54) is 31.4 Å². The summed E-state index contributed by atoms with van der Waals surface area (Å²) >= 11 is 0. The summed E-state index contributed by atoms with van der Waals surface area (Å²) in [4.78, 5) is 0. The first-order chi connectivity index (χ1) is 6.59. The lowest BCUT2D eigenvalue weighted by Crippen LogP contribution is -2.20. The minimum atomic E-state index is 0.221. The molecule has 0 spiro atoms. The van der Waals surface area contributed by atoms with Crippen LogP contribution >= 0.6 is 0 Å². The van der Waals surface area contributed by atoms with Crippen LogP contribution in [0.25, 0.3) is 0 Å². The van der Waals surface area contributed by atoms with Gasteiger partial charge in [-0.2, -0.15) is 5.10 Å². The lowest BCUT2D eigenvalue weighted by molar-refractivity contribution is 0.409. The molecule has 1 saturated carbocycles. The van der Waals surface area contributed by atoms with E-state index in [-0.39, 0.29) is 5.41 Å². The van der Waals surface area contributed by atoms with E-state index in [1.54, 1.807) is 0 Å². The molecule has 0 atom stereocenters. The number of hydrogen-bond acceptors (Lipinski definition) is 1. The molecule has 2 rings (SSSR count). The maximum Gasteiger partial charge on any atom is 0.0522 e. The summed E-state index contributed by atoms with van der Waals surface area (Å²) in [5.74, 6) is 0. The molecule has 14 heavy (non-hydrogen) atoms. The first kappa shape index (κ1) is 9.75. The lowest BCUT2D eigenvalue weighted by Gasteiger charge is -2.23. The van der Waals surface area contributed by atoms with Crippen LogP contribution in [0.4, 0.5) is 0 Å². The van der Waals surface area contributed by atoms with Crippen molar-refractivity contribution in [1.29, 1.82) is 0 Å². The van der Waals surface area contributed by atoms with Gasteiger partial charge >= 0.3 is 0 Å². The molecule has 0 bridgehead atoms. The number of aromatic nitrogens is 2. The van der Waals surface area contributed by atoms with Crippen LogP contribution in [0.2, 0.25) is 0 Å². The lowest BCUT2D eigenvalue weighted by atomic mass is 9.92. The first-order valence-corrected chi connectivity index (χ1v) is 5.63. The second-order valence-electron chi connectivity index (χ2n) is 5.35. The van der Waals surface area contributed by atoms with Crippen LogP contribution in [0.3, 0.4) is 0 Å². The molecule has 2 nitrogen and oxygen atoms in total. The van der Waals surface area contributed by atoms with Gasteiger partial charge in [0.05, 0.1) is 6.04 Å². The quantitative estimate of drug-likeness (QED) is 0.667. The maximum absolute atomic E-state index is 4.48. The van der Waals surface area contributed by atoms with Gasteiger partial charge in [0.15, 0.2) is 0 Å². The highest BCUT2D eigenvalue weighted by Crippen LogP contribution is 2.33. The molecule has 2 heteroatoms. The Morgan fingerprint density at radius 2 is 1.93 bits per heavy atom. The molecule has 1 aliphatic rings. The van der Waals surface area contributed by atoms with Gasteiger partial charge in [0.25, 0.3) is 0 Å².